The van der Waals surface area contributed by atoms with Crippen molar-refractivity contribution in [2.24, 2.45) is 0 Å². The molecule has 11 heteroatoms. The normalized spacial score (nSPS) is 17.2. The van der Waals surface area contributed by atoms with Gasteiger partial charge >= 0.3 is 0 Å². The van der Waals surface area contributed by atoms with Crippen molar-refractivity contribution >= 4 is 15.5 Å². The number of piperidine rings is 1. The minimum Gasteiger partial charge on any atom is -0.493 e. The molecule has 190 valence electrons. The number of nitrogens with one attached hydrogen (secondary N) is 1. The van der Waals surface area contributed by atoms with Gasteiger partial charge in [-0.1, -0.05) is 13.3 Å². The fraction of sp³-hybridized carbons (Fsp3) is 0.542. The maximum atomic E-state index is 13.6. The van der Waals surface area contributed by atoms with Crippen molar-refractivity contribution in [3.05, 3.63) is 40.1 Å². The zero-order valence-electron chi connectivity index (χ0n) is 20.5. The summed E-state index contributed by atoms with van der Waals surface area (Å²) in [6, 6.07) is 4.40. The molecule has 0 spiro atoms. The first-order valence-electron chi connectivity index (χ1n) is 12.2. The number of aliphatic hydroxyl groups excluding tert-OH is 1. The molecule has 0 saturated carbocycles. The minimum atomic E-state index is -3.83. The monoisotopic (exact) mass is 503 g/mol. The van der Waals surface area contributed by atoms with E-state index in [1.807, 2.05) is 13.8 Å². The van der Waals surface area contributed by atoms with E-state index in [4.69, 9.17) is 4.74 Å². The average Bonchev–Trinajstić information content (AvgIpc) is 3.15. The Morgan fingerprint density at radius 3 is 2.77 bits per heavy atom. The molecule has 1 aliphatic heterocycles. The van der Waals surface area contributed by atoms with Crippen LogP contribution in [0.25, 0.3) is 16.9 Å². The van der Waals surface area contributed by atoms with Gasteiger partial charge in [0.25, 0.3) is 5.56 Å². The topological polar surface area (TPSA) is 130 Å². The van der Waals surface area contributed by atoms with E-state index in [1.54, 1.807) is 17.5 Å². The predicted octanol–water partition coefficient (Wildman–Crippen LogP) is 2.67. The molecule has 0 amide bonds. The van der Waals surface area contributed by atoms with Crippen molar-refractivity contribution in [3.63, 3.8) is 0 Å². The maximum Gasteiger partial charge on any atom is 0.277 e. The van der Waals surface area contributed by atoms with Gasteiger partial charge in [0.15, 0.2) is 11.3 Å². The Labute approximate surface area is 205 Å². The van der Waals surface area contributed by atoms with Gasteiger partial charge < -0.3 is 14.8 Å². The lowest BCUT2D eigenvalue weighted by atomic mass is 10.0. The van der Waals surface area contributed by atoms with Crippen molar-refractivity contribution in [1.29, 1.82) is 0 Å². The lowest BCUT2D eigenvalue weighted by molar-refractivity contribution is 0.192. The van der Waals surface area contributed by atoms with Gasteiger partial charge in [-0.3, -0.25) is 4.79 Å². The van der Waals surface area contributed by atoms with E-state index in [0.29, 0.717) is 54.3 Å². The van der Waals surface area contributed by atoms with Crippen molar-refractivity contribution in [3.8, 4) is 17.1 Å². The lowest BCUT2D eigenvalue weighted by Crippen LogP contribution is -2.44. The summed E-state index contributed by atoms with van der Waals surface area (Å²) in [6.45, 7) is 6.33. The molecule has 2 N–H and O–H groups in total. The van der Waals surface area contributed by atoms with Gasteiger partial charge in [0.1, 0.15) is 11.6 Å². The second-order valence-corrected chi connectivity index (χ2v) is 10.7. The van der Waals surface area contributed by atoms with E-state index in [0.717, 1.165) is 25.7 Å². The number of aryl methyl sites for hydroxylation is 2. The Hall–Kier alpha value is -2.76. The van der Waals surface area contributed by atoms with E-state index in [9.17, 15) is 18.3 Å². The third kappa shape index (κ3) is 4.85. The predicted molar refractivity (Wildman–Crippen MR) is 132 cm³/mol. The van der Waals surface area contributed by atoms with Gasteiger partial charge in [-0.05, 0) is 57.7 Å². The molecule has 1 fully saturated rings. The summed E-state index contributed by atoms with van der Waals surface area (Å²) >= 11 is 0. The Balaban J connectivity index is 1.86. The van der Waals surface area contributed by atoms with E-state index in [2.05, 4.69) is 15.1 Å². The largest absolute Gasteiger partial charge is 0.493 e. The number of sulfonamides is 1. The zero-order chi connectivity index (χ0) is 25.2. The highest BCUT2D eigenvalue weighted by atomic mass is 32.2. The molecule has 3 aromatic rings. The number of nitrogens with zero attached hydrogens (tertiary/aromatic N) is 4. The van der Waals surface area contributed by atoms with Gasteiger partial charge in [0.05, 0.1) is 22.8 Å². The molecular formula is C24H33N5O5S. The van der Waals surface area contributed by atoms with Crippen LogP contribution in [-0.2, 0) is 16.4 Å². The smallest absolute Gasteiger partial charge is 0.277 e. The number of aromatic amines is 1. The number of H-pyrrole nitrogens is 1. The van der Waals surface area contributed by atoms with Crippen LogP contribution in [0.15, 0.2) is 27.9 Å². The van der Waals surface area contributed by atoms with Crippen LogP contribution in [0.1, 0.15) is 57.5 Å². The van der Waals surface area contributed by atoms with Crippen LogP contribution in [0.4, 0.5) is 0 Å². The van der Waals surface area contributed by atoms with Crippen LogP contribution in [0.2, 0.25) is 0 Å². The Morgan fingerprint density at radius 2 is 2.06 bits per heavy atom. The van der Waals surface area contributed by atoms with E-state index in [1.165, 1.54) is 16.4 Å². The quantitative estimate of drug-likeness (QED) is 0.459. The van der Waals surface area contributed by atoms with Gasteiger partial charge in [-0.25, -0.2) is 17.9 Å². The number of aliphatic hydroxyl groups is 1. The lowest BCUT2D eigenvalue weighted by Gasteiger charge is -2.34. The first kappa shape index (κ1) is 25.3. The third-order valence-electron chi connectivity index (χ3n) is 6.36. The highest BCUT2D eigenvalue weighted by Crippen LogP contribution is 2.33. The van der Waals surface area contributed by atoms with Crippen LogP contribution in [0, 0.1) is 6.92 Å². The fourth-order valence-electron chi connectivity index (χ4n) is 4.74. The summed E-state index contributed by atoms with van der Waals surface area (Å²) in [5.41, 5.74) is 1.00. The first-order chi connectivity index (χ1) is 16.8. The molecule has 2 aromatic heterocycles. The Morgan fingerprint density at radius 1 is 1.26 bits per heavy atom. The number of benzene rings is 1. The highest BCUT2D eigenvalue weighted by Gasteiger charge is 2.34. The summed E-state index contributed by atoms with van der Waals surface area (Å²) in [5, 5.41) is 14.1. The fourth-order valence-corrected chi connectivity index (χ4v) is 6.49. The van der Waals surface area contributed by atoms with E-state index >= 15 is 0 Å². The zero-order valence-corrected chi connectivity index (χ0v) is 21.3. The average molecular weight is 504 g/mol. The molecule has 0 aliphatic carbocycles. The number of hydrogen-bond donors (Lipinski definition) is 2. The Kier molecular flexibility index (Phi) is 7.58. The molecule has 1 aliphatic rings. The molecule has 10 nitrogen and oxygen atoms in total. The SMILES string of the molecule is CCCc1nc(C)c2c(=O)[nH]c(-c3cc(S(=O)(=O)N4CCCCC4CCO)ccc3OCC)nn12. The summed E-state index contributed by atoms with van der Waals surface area (Å²) in [4.78, 5) is 20.4. The van der Waals surface area contributed by atoms with Crippen molar-refractivity contribution in [2.75, 3.05) is 19.8 Å². The number of ether oxygens (including phenoxy) is 1. The van der Waals surface area contributed by atoms with Crippen LogP contribution >= 0.6 is 0 Å². The molecule has 1 saturated heterocycles. The first-order valence-corrected chi connectivity index (χ1v) is 13.6. The second-order valence-electron chi connectivity index (χ2n) is 8.80. The molecule has 1 atom stereocenters. The van der Waals surface area contributed by atoms with Crippen molar-refractivity contribution < 1.29 is 18.3 Å². The number of imidazole rings is 1. The standard InChI is InChI=1S/C24H33N5O5S/c1-4-8-21-25-16(3)22-24(31)26-23(27-29(21)22)19-15-18(10-11-20(19)34-5-2)35(32,33)28-13-7-6-9-17(28)12-14-30/h10-11,15,17,30H,4-9,12-14H2,1-3H3,(H,26,27,31). The molecule has 1 aromatic carbocycles. The van der Waals surface area contributed by atoms with Crippen LogP contribution in [-0.4, -0.2) is 63.2 Å². The summed E-state index contributed by atoms with van der Waals surface area (Å²) < 4.78 is 36.1. The van der Waals surface area contributed by atoms with Gasteiger partial charge in [0.2, 0.25) is 10.0 Å². The van der Waals surface area contributed by atoms with Crippen LogP contribution < -0.4 is 10.3 Å². The number of rotatable bonds is 9. The molecule has 1 unspecified atom stereocenters. The number of aromatic nitrogens is 4. The van der Waals surface area contributed by atoms with Gasteiger partial charge in [-0.2, -0.15) is 4.31 Å². The molecule has 0 bridgehead atoms. The van der Waals surface area contributed by atoms with E-state index < -0.39 is 10.0 Å². The minimum absolute atomic E-state index is 0.0686. The van der Waals surface area contributed by atoms with Crippen LogP contribution in [0.3, 0.4) is 0 Å². The van der Waals surface area contributed by atoms with E-state index in [-0.39, 0.29) is 28.9 Å². The number of fused-ring (bicyclic) bond motifs is 1. The Bertz CT molecular complexity index is 1360. The molecule has 4 rings (SSSR count). The summed E-state index contributed by atoms with van der Waals surface area (Å²) in [7, 11) is -3.83. The number of hydrogen-bond acceptors (Lipinski definition) is 7. The van der Waals surface area contributed by atoms with Crippen LogP contribution in [0.5, 0.6) is 5.75 Å². The molecular weight excluding hydrogens is 470 g/mol. The second kappa shape index (κ2) is 10.5. The van der Waals surface area contributed by atoms with Crippen molar-refractivity contribution in [2.45, 2.75) is 70.2 Å². The molecule has 35 heavy (non-hydrogen) atoms. The summed E-state index contributed by atoms with van der Waals surface area (Å²) in [5.74, 6) is 1.31. The molecule has 3 heterocycles. The molecule has 0 radical (unpaired) electrons. The van der Waals surface area contributed by atoms with Gasteiger partial charge in [-0.15, -0.1) is 5.10 Å². The third-order valence-corrected chi connectivity index (χ3v) is 8.31. The van der Waals surface area contributed by atoms with Gasteiger partial charge in [0, 0.05) is 25.6 Å². The van der Waals surface area contributed by atoms with Crippen molar-refractivity contribution in [1.82, 2.24) is 23.9 Å². The summed E-state index contributed by atoms with van der Waals surface area (Å²) in [6.07, 6.45) is 4.31. The maximum absolute atomic E-state index is 13.6. The highest BCUT2D eigenvalue weighted by molar-refractivity contribution is 7.89.